The number of carbonyl (C=O) groups is 2. The maximum absolute atomic E-state index is 13.2. The molecule has 0 unspecified atom stereocenters. The fourth-order valence-electron chi connectivity index (χ4n) is 5.58. The zero-order valence-electron chi connectivity index (χ0n) is 24.1. The smallest absolute Gasteiger partial charge is 0.258 e. The van der Waals surface area contributed by atoms with Gasteiger partial charge < -0.3 is 15.5 Å². The largest absolute Gasteiger partial charge is 0.354 e. The SMILES string of the molecule is CN(C(=O)CN1CCN(Cc2ccccc2)CC1)c1ccc(NC(=C2C(=O)Nc3cc(Cl)ccc32)c2ccccc2)cc1. The molecular weight excluding hydrogens is 558 g/mol. The van der Waals surface area contributed by atoms with E-state index in [0.717, 1.165) is 55.2 Å². The first-order valence-corrected chi connectivity index (χ1v) is 14.9. The summed E-state index contributed by atoms with van der Waals surface area (Å²) in [5, 5.41) is 6.97. The van der Waals surface area contributed by atoms with Crippen molar-refractivity contribution in [3.63, 3.8) is 0 Å². The monoisotopic (exact) mass is 591 g/mol. The minimum absolute atomic E-state index is 0.0576. The van der Waals surface area contributed by atoms with E-state index in [1.165, 1.54) is 5.56 Å². The van der Waals surface area contributed by atoms with Crippen molar-refractivity contribution in [2.24, 2.45) is 0 Å². The number of piperazine rings is 1. The van der Waals surface area contributed by atoms with E-state index in [-0.39, 0.29) is 11.8 Å². The van der Waals surface area contributed by atoms with Gasteiger partial charge in [0, 0.05) is 61.7 Å². The van der Waals surface area contributed by atoms with Crippen LogP contribution in [-0.4, -0.2) is 61.4 Å². The third-order valence-electron chi connectivity index (χ3n) is 8.01. The molecule has 0 aromatic heterocycles. The number of likely N-dealkylation sites (N-methyl/N-ethyl adjacent to an activating group) is 1. The van der Waals surface area contributed by atoms with Crippen LogP contribution in [-0.2, 0) is 16.1 Å². The average Bonchev–Trinajstić information content (AvgIpc) is 3.36. The third kappa shape index (κ3) is 6.65. The molecule has 0 bridgehead atoms. The Morgan fingerprint density at radius 2 is 1.51 bits per heavy atom. The summed E-state index contributed by atoms with van der Waals surface area (Å²) in [5.74, 6) is -0.131. The molecule has 6 rings (SSSR count). The summed E-state index contributed by atoms with van der Waals surface area (Å²) in [6, 6.07) is 33.4. The Morgan fingerprint density at radius 3 is 2.21 bits per heavy atom. The van der Waals surface area contributed by atoms with Crippen molar-refractivity contribution >= 4 is 51.7 Å². The van der Waals surface area contributed by atoms with Crippen molar-refractivity contribution in [3.8, 4) is 0 Å². The summed E-state index contributed by atoms with van der Waals surface area (Å²) in [6.07, 6.45) is 0. The highest BCUT2D eigenvalue weighted by Gasteiger charge is 2.29. The number of nitrogens with zero attached hydrogens (tertiary/aromatic N) is 3. The third-order valence-corrected chi connectivity index (χ3v) is 8.24. The van der Waals surface area contributed by atoms with Crippen molar-refractivity contribution < 1.29 is 9.59 Å². The Labute approximate surface area is 257 Å². The predicted octanol–water partition coefficient (Wildman–Crippen LogP) is 6.05. The second-order valence-electron chi connectivity index (χ2n) is 10.9. The number of hydrogen-bond acceptors (Lipinski definition) is 5. The van der Waals surface area contributed by atoms with Gasteiger partial charge in [0.05, 0.1) is 23.5 Å². The fourth-order valence-corrected chi connectivity index (χ4v) is 5.75. The Hall–Kier alpha value is -4.43. The maximum atomic E-state index is 13.2. The van der Waals surface area contributed by atoms with E-state index >= 15 is 0 Å². The van der Waals surface area contributed by atoms with Crippen molar-refractivity contribution in [2.75, 3.05) is 55.3 Å². The number of fused-ring (bicyclic) bond motifs is 1. The molecule has 2 heterocycles. The highest BCUT2D eigenvalue weighted by Crippen LogP contribution is 2.38. The topological polar surface area (TPSA) is 67.9 Å². The van der Waals surface area contributed by atoms with E-state index in [0.29, 0.717) is 28.5 Å². The Balaban J connectivity index is 1.12. The molecule has 0 radical (unpaired) electrons. The molecule has 2 aliphatic rings. The van der Waals surface area contributed by atoms with E-state index in [4.69, 9.17) is 11.6 Å². The van der Waals surface area contributed by atoms with Crippen molar-refractivity contribution in [3.05, 3.63) is 125 Å². The van der Waals surface area contributed by atoms with Crippen molar-refractivity contribution in [1.82, 2.24) is 9.80 Å². The highest BCUT2D eigenvalue weighted by molar-refractivity contribution is 6.38. The number of rotatable bonds is 8. The molecule has 2 N–H and O–H groups in total. The van der Waals surface area contributed by atoms with Gasteiger partial charge in [-0.1, -0.05) is 78.3 Å². The fraction of sp³-hybridized carbons (Fsp3) is 0.200. The Morgan fingerprint density at radius 1 is 0.860 bits per heavy atom. The molecular formula is C35H34ClN5O2. The van der Waals surface area contributed by atoms with Gasteiger partial charge in [-0.3, -0.25) is 19.4 Å². The first-order chi connectivity index (χ1) is 20.9. The van der Waals surface area contributed by atoms with Gasteiger partial charge in [0.25, 0.3) is 5.91 Å². The zero-order chi connectivity index (χ0) is 29.8. The van der Waals surface area contributed by atoms with Crippen molar-refractivity contribution in [1.29, 1.82) is 0 Å². The van der Waals surface area contributed by atoms with E-state index in [9.17, 15) is 9.59 Å². The van der Waals surface area contributed by atoms with E-state index in [2.05, 4.69) is 44.7 Å². The second kappa shape index (κ2) is 12.8. The lowest BCUT2D eigenvalue weighted by molar-refractivity contribution is -0.120. The van der Waals surface area contributed by atoms with Crippen LogP contribution >= 0.6 is 11.6 Å². The van der Waals surface area contributed by atoms with Crippen LogP contribution in [0.15, 0.2) is 103 Å². The van der Waals surface area contributed by atoms with Gasteiger partial charge in [-0.15, -0.1) is 0 Å². The van der Waals surface area contributed by atoms with Gasteiger partial charge in [0.15, 0.2) is 0 Å². The average molecular weight is 592 g/mol. The molecule has 8 heteroatoms. The number of amides is 2. The molecule has 7 nitrogen and oxygen atoms in total. The summed E-state index contributed by atoms with van der Waals surface area (Å²) in [6.45, 7) is 4.96. The second-order valence-corrected chi connectivity index (χ2v) is 11.4. The number of halogens is 1. The number of anilines is 3. The zero-order valence-corrected chi connectivity index (χ0v) is 24.8. The van der Waals surface area contributed by atoms with Gasteiger partial charge in [-0.05, 0) is 47.5 Å². The van der Waals surface area contributed by atoms with Gasteiger partial charge in [0.1, 0.15) is 0 Å². The molecule has 0 atom stereocenters. The van der Waals surface area contributed by atoms with Crippen LogP contribution in [0.4, 0.5) is 17.1 Å². The lowest BCUT2D eigenvalue weighted by Crippen LogP contribution is -2.49. The molecule has 4 aromatic carbocycles. The summed E-state index contributed by atoms with van der Waals surface area (Å²) < 4.78 is 0. The molecule has 218 valence electrons. The maximum Gasteiger partial charge on any atom is 0.258 e. The van der Waals surface area contributed by atoms with Crippen LogP contribution in [0.2, 0.25) is 5.02 Å². The number of hydrogen-bond donors (Lipinski definition) is 2. The molecule has 1 fully saturated rings. The normalized spacial score (nSPS) is 16.4. The standard InChI is InChI=1S/C35H34ClN5O2/c1-39(32(42)24-41-20-18-40(19-21-41)23-25-8-4-2-5-9-25)29-15-13-28(14-16-29)37-34(26-10-6-3-7-11-26)33-30-17-12-27(36)22-31(30)38-35(33)43/h2-17,22,37H,18-21,23-24H2,1H3,(H,38,43). The Kier molecular flexibility index (Phi) is 8.56. The van der Waals surface area contributed by atoms with Gasteiger partial charge in [-0.25, -0.2) is 0 Å². The van der Waals surface area contributed by atoms with Gasteiger partial charge in [-0.2, -0.15) is 0 Å². The summed E-state index contributed by atoms with van der Waals surface area (Å²) >= 11 is 6.18. The molecule has 0 spiro atoms. The van der Waals surface area contributed by atoms with Crippen LogP contribution in [0.1, 0.15) is 16.7 Å². The predicted molar refractivity (Wildman–Crippen MR) is 175 cm³/mol. The quantitative estimate of drug-likeness (QED) is 0.244. The molecule has 0 saturated carbocycles. The van der Waals surface area contributed by atoms with Crippen LogP contribution in [0, 0.1) is 0 Å². The Bertz CT molecular complexity index is 1630. The molecule has 1 saturated heterocycles. The van der Waals surface area contributed by atoms with Crippen LogP contribution in [0.5, 0.6) is 0 Å². The highest BCUT2D eigenvalue weighted by atomic mass is 35.5. The minimum atomic E-state index is -0.188. The first kappa shape index (κ1) is 28.7. The van der Waals surface area contributed by atoms with Crippen LogP contribution in [0.3, 0.4) is 0 Å². The minimum Gasteiger partial charge on any atom is -0.354 e. The first-order valence-electron chi connectivity index (χ1n) is 14.5. The summed E-state index contributed by atoms with van der Waals surface area (Å²) in [5.41, 5.74) is 6.56. The molecule has 2 amide bonds. The van der Waals surface area contributed by atoms with E-state index < -0.39 is 0 Å². The summed E-state index contributed by atoms with van der Waals surface area (Å²) in [7, 11) is 1.82. The number of nitrogens with one attached hydrogen (secondary N) is 2. The van der Waals surface area contributed by atoms with Gasteiger partial charge in [0.2, 0.25) is 5.91 Å². The molecule has 4 aromatic rings. The van der Waals surface area contributed by atoms with E-state index in [1.807, 2.05) is 73.8 Å². The number of carbonyl (C=O) groups excluding carboxylic acids is 2. The van der Waals surface area contributed by atoms with Crippen LogP contribution in [0.25, 0.3) is 11.3 Å². The lowest BCUT2D eigenvalue weighted by Gasteiger charge is -2.35. The molecule has 2 aliphatic heterocycles. The van der Waals surface area contributed by atoms with Gasteiger partial charge >= 0.3 is 0 Å². The number of benzene rings is 4. The van der Waals surface area contributed by atoms with Crippen LogP contribution < -0.4 is 15.5 Å². The summed E-state index contributed by atoms with van der Waals surface area (Å²) in [4.78, 5) is 32.7. The lowest BCUT2D eigenvalue weighted by atomic mass is 10.00. The van der Waals surface area contributed by atoms with Crippen molar-refractivity contribution in [2.45, 2.75) is 6.54 Å². The van der Waals surface area contributed by atoms with E-state index in [1.54, 1.807) is 17.0 Å². The molecule has 0 aliphatic carbocycles. The molecule has 43 heavy (non-hydrogen) atoms.